The molecular formula is C13H22N+. The Balaban J connectivity index is 2.64. The van der Waals surface area contributed by atoms with Gasteiger partial charge in [-0.1, -0.05) is 27.7 Å². The van der Waals surface area contributed by atoms with E-state index in [1.54, 1.807) is 0 Å². The van der Waals surface area contributed by atoms with Crippen molar-refractivity contribution < 1.29 is 4.57 Å². The fraction of sp³-hybridized carbons (Fsp3) is 0.615. The maximum absolute atomic E-state index is 2.28. The first-order valence-electron chi connectivity index (χ1n) is 5.49. The van der Waals surface area contributed by atoms with Crippen molar-refractivity contribution in [3.63, 3.8) is 0 Å². The molecule has 0 fully saturated rings. The predicted molar refractivity (Wildman–Crippen MR) is 60.1 cm³/mol. The molecule has 1 nitrogen and oxygen atoms in total. The zero-order valence-corrected chi connectivity index (χ0v) is 9.88. The van der Waals surface area contributed by atoms with Crippen LogP contribution in [0.15, 0.2) is 24.5 Å². The molecule has 0 saturated carbocycles. The fourth-order valence-electron chi connectivity index (χ4n) is 1.63. The van der Waals surface area contributed by atoms with Gasteiger partial charge in [-0.05, 0) is 17.4 Å². The van der Waals surface area contributed by atoms with Crippen LogP contribution >= 0.6 is 0 Å². The monoisotopic (exact) mass is 192 g/mol. The lowest BCUT2D eigenvalue weighted by molar-refractivity contribution is -0.697. The van der Waals surface area contributed by atoms with Gasteiger partial charge in [-0.3, -0.25) is 0 Å². The largest absolute Gasteiger partial charge is 0.205 e. The number of hydrogen-bond donors (Lipinski definition) is 0. The number of pyridine rings is 1. The molecule has 0 bridgehead atoms. The van der Waals surface area contributed by atoms with Crippen LogP contribution in [-0.2, 0) is 13.0 Å². The summed E-state index contributed by atoms with van der Waals surface area (Å²) < 4.78 is 2.24. The normalized spacial score (nSPS) is 11.7. The van der Waals surface area contributed by atoms with E-state index in [-0.39, 0.29) is 0 Å². The highest BCUT2D eigenvalue weighted by Gasteiger charge is 2.11. The Morgan fingerprint density at radius 3 is 2.14 bits per heavy atom. The molecule has 1 heteroatoms. The van der Waals surface area contributed by atoms with Gasteiger partial charge in [0.05, 0.1) is 0 Å². The molecule has 0 aliphatic heterocycles. The van der Waals surface area contributed by atoms with Crippen LogP contribution in [-0.4, -0.2) is 0 Å². The lowest BCUT2D eigenvalue weighted by Gasteiger charge is -2.17. The first-order valence-corrected chi connectivity index (χ1v) is 5.49. The topological polar surface area (TPSA) is 3.88 Å². The van der Waals surface area contributed by atoms with E-state index in [0.717, 1.165) is 13.0 Å². The number of aromatic nitrogens is 1. The van der Waals surface area contributed by atoms with E-state index in [4.69, 9.17) is 0 Å². The average Bonchev–Trinajstić information content (AvgIpc) is 2.06. The highest BCUT2D eigenvalue weighted by atomic mass is 14.9. The Bertz CT molecular complexity index is 266. The van der Waals surface area contributed by atoms with Crippen molar-refractivity contribution in [3.05, 3.63) is 30.1 Å². The quantitative estimate of drug-likeness (QED) is 0.648. The molecule has 0 N–H and O–H groups in total. The van der Waals surface area contributed by atoms with Crippen LogP contribution in [0.25, 0.3) is 0 Å². The van der Waals surface area contributed by atoms with Crippen molar-refractivity contribution in [3.8, 4) is 0 Å². The fourth-order valence-corrected chi connectivity index (χ4v) is 1.63. The second-order valence-corrected chi connectivity index (χ2v) is 5.18. The third-order valence-electron chi connectivity index (χ3n) is 2.18. The molecule has 0 amide bonds. The van der Waals surface area contributed by atoms with Crippen molar-refractivity contribution in [2.75, 3.05) is 0 Å². The zero-order valence-electron chi connectivity index (χ0n) is 9.88. The SMILES string of the molecule is CCC[n+]1ccc(CC(C)(C)C)cc1. The van der Waals surface area contributed by atoms with Crippen LogP contribution < -0.4 is 4.57 Å². The molecule has 0 saturated heterocycles. The van der Waals surface area contributed by atoms with Crippen molar-refractivity contribution in [1.82, 2.24) is 0 Å². The van der Waals surface area contributed by atoms with E-state index in [0.29, 0.717) is 5.41 Å². The highest BCUT2D eigenvalue weighted by Crippen LogP contribution is 2.19. The van der Waals surface area contributed by atoms with E-state index in [1.165, 1.54) is 12.0 Å². The third kappa shape index (κ3) is 3.91. The van der Waals surface area contributed by atoms with Gasteiger partial charge in [0.25, 0.3) is 0 Å². The molecule has 1 aromatic heterocycles. The summed E-state index contributed by atoms with van der Waals surface area (Å²) >= 11 is 0. The Morgan fingerprint density at radius 1 is 1.14 bits per heavy atom. The lowest BCUT2D eigenvalue weighted by Crippen LogP contribution is -2.32. The molecule has 0 unspecified atom stereocenters. The molecule has 1 rings (SSSR count). The Hall–Kier alpha value is -0.850. The van der Waals surface area contributed by atoms with Crippen LogP contribution in [0.1, 0.15) is 39.7 Å². The molecule has 0 spiro atoms. The van der Waals surface area contributed by atoms with Gasteiger partial charge < -0.3 is 0 Å². The maximum Gasteiger partial charge on any atom is 0.169 e. The van der Waals surface area contributed by atoms with Gasteiger partial charge in [0.2, 0.25) is 0 Å². The molecule has 0 radical (unpaired) electrons. The van der Waals surface area contributed by atoms with E-state index in [9.17, 15) is 0 Å². The average molecular weight is 192 g/mol. The minimum absolute atomic E-state index is 0.386. The molecule has 0 aromatic carbocycles. The lowest BCUT2D eigenvalue weighted by atomic mass is 9.89. The summed E-state index contributed by atoms with van der Waals surface area (Å²) in [5, 5.41) is 0. The first kappa shape index (κ1) is 11.2. The Morgan fingerprint density at radius 2 is 1.71 bits per heavy atom. The van der Waals surface area contributed by atoms with E-state index < -0.39 is 0 Å². The van der Waals surface area contributed by atoms with E-state index in [1.807, 2.05) is 0 Å². The summed E-state index contributed by atoms with van der Waals surface area (Å²) in [6.45, 7) is 10.2. The van der Waals surface area contributed by atoms with Gasteiger partial charge in [0.1, 0.15) is 6.54 Å². The van der Waals surface area contributed by atoms with Crippen LogP contribution in [0.2, 0.25) is 0 Å². The number of nitrogens with zero attached hydrogens (tertiary/aromatic N) is 1. The van der Waals surface area contributed by atoms with Crippen LogP contribution in [0.5, 0.6) is 0 Å². The second kappa shape index (κ2) is 4.59. The number of rotatable bonds is 3. The summed E-state index contributed by atoms with van der Waals surface area (Å²) in [6.07, 6.45) is 6.72. The van der Waals surface area contributed by atoms with Crippen LogP contribution in [0.4, 0.5) is 0 Å². The van der Waals surface area contributed by atoms with Gasteiger partial charge in [-0.25, -0.2) is 4.57 Å². The van der Waals surface area contributed by atoms with Gasteiger partial charge in [0, 0.05) is 18.6 Å². The summed E-state index contributed by atoms with van der Waals surface area (Å²) in [6, 6.07) is 4.47. The molecule has 0 aliphatic carbocycles. The maximum atomic E-state index is 2.28. The minimum Gasteiger partial charge on any atom is -0.205 e. The third-order valence-corrected chi connectivity index (χ3v) is 2.18. The van der Waals surface area contributed by atoms with Crippen LogP contribution in [0.3, 0.4) is 0 Å². The summed E-state index contributed by atoms with van der Waals surface area (Å²) in [4.78, 5) is 0. The smallest absolute Gasteiger partial charge is 0.169 e. The predicted octanol–water partition coefficient (Wildman–Crippen LogP) is 2.97. The Kier molecular flexibility index (Phi) is 3.68. The molecule has 1 aromatic rings. The number of aryl methyl sites for hydroxylation is 1. The second-order valence-electron chi connectivity index (χ2n) is 5.18. The molecule has 0 atom stereocenters. The molecular weight excluding hydrogens is 170 g/mol. The molecule has 14 heavy (non-hydrogen) atoms. The summed E-state index contributed by atoms with van der Waals surface area (Å²) in [7, 11) is 0. The Labute approximate surface area is 87.8 Å². The highest BCUT2D eigenvalue weighted by molar-refractivity contribution is 5.09. The molecule has 78 valence electrons. The van der Waals surface area contributed by atoms with Gasteiger partial charge in [-0.15, -0.1) is 0 Å². The van der Waals surface area contributed by atoms with Crippen molar-refractivity contribution >= 4 is 0 Å². The van der Waals surface area contributed by atoms with Crippen molar-refractivity contribution in [1.29, 1.82) is 0 Å². The zero-order chi connectivity index (χ0) is 10.6. The van der Waals surface area contributed by atoms with E-state index >= 15 is 0 Å². The standard InChI is InChI=1S/C13H22N/c1-5-8-14-9-6-12(7-10-14)11-13(2,3)4/h6-7,9-10H,5,8,11H2,1-4H3/q+1. The molecule has 0 aliphatic rings. The van der Waals surface area contributed by atoms with Crippen molar-refractivity contribution in [2.24, 2.45) is 5.41 Å². The first-order chi connectivity index (χ1) is 6.51. The molecule has 1 heterocycles. The number of hydrogen-bond acceptors (Lipinski definition) is 0. The van der Waals surface area contributed by atoms with Gasteiger partial charge in [0.15, 0.2) is 12.4 Å². The van der Waals surface area contributed by atoms with Crippen molar-refractivity contribution in [2.45, 2.75) is 47.1 Å². The minimum atomic E-state index is 0.386. The van der Waals surface area contributed by atoms with E-state index in [2.05, 4.69) is 56.8 Å². The summed E-state index contributed by atoms with van der Waals surface area (Å²) in [5.74, 6) is 0. The van der Waals surface area contributed by atoms with Gasteiger partial charge >= 0.3 is 0 Å². The van der Waals surface area contributed by atoms with Gasteiger partial charge in [-0.2, -0.15) is 0 Å². The summed E-state index contributed by atoms with van der Waals surface area (Å²) in [5.41, 5.74) is 1.82. The van der Waals surface area contributed by atoms with Crippen LogP contribution in [0, 0.1) is 5.41 Å².